The van der Waals surface area contributed by atoms with E-state index in [1.54, 1.807) is 51.2 Å². The number of carbonyl (C=O) groups excluding carboxylic acids is 2. The first-order valence-corrected chi connectivity index (χ1v) is 14.7. The number of cyclic esters (lactones) is 1. The summed E-state index contributed by atoms with van der Waals surface area (Å²) in [6.07, 6.45) is 5.39. The van der Waals surface area contributed by atoms with E-state index in [0.717, 1.165) is 0 Å². The molecule has 2 heterocycles. The molecule has 0 aromatic carbocycles. The number of hydrogen-bond acceptors (Lipinski definition) is 9. The number of epoxide rings is 1. The van der Waals surface area contributed by atoms with Gasteiger partial charge in [0.1, 0.15) is 11.7 Å². The van der Waals surface area contributed by atoms with Gasteiger partial charge in [-0.1, -0.05) is 45.1 Å². The van der Waals surface area contributed by atoms with E-state index in [4.69, 9.17) is 14.2 Å². The summed E-state index contributed by atoms with van der Waals surface area (Å²) in [5.74, 6) is -0.948. The van der Waals surface area contributed by atoms with E-state index in [-0.39, 0.29) is 43.3 Å². The van der Waals surface area contributed by atoms with Gasteiger partial charge in [0.05, 0.1) is 36.4 Å². The van der Waals surface area contributed by atoms with Gasteiger partial charge in [0.15, 0.2) is 6.10 Å². The Bertz CT molecular complexity index is 957. The van der Waals surface area contributed by atoms with Gasteiger partial charge in [-0.15, -0.1) is 0 Å². The van der Waals surface area contributed by atoms with Crippen LogP contribution in [0.2, 0.25) is 0 Å². The Hall–Kier alpha value is -2.24. The van der Waals surface area contributed by atoms with Crippen LogP contribution >= 0.6 is 0 Å². The molecule has 234 valence electrons. The van der Waals surface area contributed by atoms with Crippen LogP contribution in [-0.2, 0) is 19.0 Å². The van der Waals surface area contributed by atoms with E-state index < -0.39 is 47.7 Å². The number of ether oxygens (including phenoxy) is 3. The molecule has 1 saturated heterocycles. The number of carbonyl (C=O) groups is 2. The van der Waals surface area contributed by atoms with Crippen LogP contribution in [-0.4, -0.2) is 86.9 Å². The van der Waals surface area contributed by atoms with Gasteiger partial charge in [-0.3, -0.25) is 4.79 Å². The van der Waals surface area contributed by atoms with Crippen molar-refractivity contribution in [3.8, 4) is 0 Å². The zero-order valence-electron chi connectivity index (χ0n) is 25.6. The molecule has 0 aliphatic carbocycles. The van der Waals surface area contributed by atoms with Crippen molar-refractivity contribution < 1.29 is 44.2 Å². The first kappa shape index (κ1) is 35.0. The highest BCUT2D eigenvalue weighted by atomic mass is 16.6. The van der Waals surface area contributed by atoms with E-state index in [1.807, 2.05) is 20.8 Å². The Morgan fingerprint density at radius 1 is 1.34 bits per heavy atom. The minimum absolute atomic E-state index is 0.00881. The zero-order chi connectivity index (χ0) is 31.0. The summed E-state index contributed by atoms with van der Waals surface area (Å²) in [5, 5.41) is 45.0. The molecule has 5 N–H and O–H groups in total. The molecule has 0 aromatic heterocycles. The van der Waals surface area contributed by atoms with Crippen molar-refractivity contribution in [2.24, 2.45) is 11.8 Å². The average Bonchev–Trinajstić information content (AvgIpc) is 3.64. The highest BCUT2D eigenvalue weighted by Crippen LogP contribution is 2.37. The molecule has 10 unspecified atom stereocenters. The second-order valence-electron chi connectivity index (χ2n) is 12.1. The number of allylic oxidation sites excluding steroid dienone is 2. The Balaban J connectivity index is 2.20. The summed E-state index contributed by atoms with van der Waals surface area (Å²) >= 11 is 0. The monoisotopic (exact) mass is 581 g/mol. The summed E-state index contributed by atoms with van der Waals surface area (Å²) in [6, 6.07) is 0. The van der Waals surface area contributed by atoms with Crippen molar-refractivity contribution in [3.63, 3.8) is 0 Å². The van der Waals surface area contributed by atoms with Gasteiger partial charge in [-0.25, -0.2) is 4.79 Å². The maximum atomic E-state index is 12.7. The average molecular weight is 582 g/mol. The fraction of sp³-hybridized carbons (Fsp3) is 0.742. The molecule has 0 radical (unpaired) electrons. The lowest BCUT2D eigenvalue weighted by atomic mass is 9.88. The van der Waals surface area contributed by atoms with Gasteiger partial charge < -0.3 is 40.0 Å². The third-order valence-corrected chi connectivity index (χ3v) is 7.92. The van der Waals surface area contributed by atoms with Gasteiger partial charge in [-0.05, 0) is 58.6 Å². The summed E-state index contributed by atoms with van der Waals surface area (Å²) in [6.45, 7) is 12.9. The third-order valence-electron chi connectivity index (χ3n) is 7.92. The van der Waals surface area contributed by atoms with Gasteiger partial charge in [0, 0.05) is 24.8 Å². The predicted octanol–water partition coefficient (Wildman–Crippen LogP) is 3.32. The first-order chi connectivity index (χ1) is 19.1. The van der Waals surface area contributed by atoms with Crippen LogP contribution in [0.15, 0.2) is 36.0 Å². The summed E-state index contributed by atoms with van der Waals surface area (Å²) in [7, 11) is 0. The zero-order valence-corrected chi connectivity index (χ0v) is 25.6. The van der Waals surface area contributed by atoms with E-state index >= 15 is 0 Å². The van der Waals surface area contributed by atoms with Crippen molar-refractivity contribution in [2.75, 3.05) is 6.54 Å². The maximum Gasteiger partial charge on any atom is 0.407 e. The fourth-order valence-corrected chi connectivity index (χ4v) is 5.10. The molecule has 0 aromatic rings. The molecule has 10 heteroatoms. The van der Waals surface area contributed by atoms with Crippen molar-refractivity contribution in [2.45, 2.75) is 128 Å². The van der Waals surface area contributed by atoms with Crippen molar-refractivity contribution in [1.82, 2.24) is 5.32 Å². The number of nitrogens with one attached hydrogen (secondary N) is 1. The Morgan fingerprint density at radius 2 is 2.02 bits per heavy atom. The van der Waals surface area contributed by atoms with Crippen molar-refractivity contribution >= 4 is 12.1 Å². The quantitative estimate of drug-likeness (QED) is 0.113. The smallest absolute Gasteiger partial charge is 0.407 e. The molecule has 10 atom stereocenters. The second kappa shape index (κ2) is 15.3. The predicted molar refractivity (Wildman–Crippen MR) is 155 cm³/mol. The molecule has 0 spiro atoms. The molecule has 0 bridgehead atoms. The third kappa shape index (κ3) is 11.2. The summed E-state index contributed by atoms with van der Waals surface area (Å²) in [4.78, 5) is 24.8. The molecular weight excluding hydrogens is 530 g/mol. The van der Waals surface area contributed by atoms with E-state index in [2.05, 4.69) is 5.32 Å². The lowest BCUT2D eigenvalue weighted by Gasteiger charge is -2.32. The van der Waals surface area contributed by atoms with Crippen LogP contribution in [0, 0.1) is 11.8 Å². The minimum atomic E-state index is -1.48. The van der Waals surface area contributed by atoms with Crippen LogP contribution in [0.1, 0.15) is 80.6 Å². The minimum Gasteiger partial charge on any atom is -0.457 e. The van der Waals surface area contributed by atoms with Crippen LogP contribution < -0.4 is 5.32 Å². The number of aliphatic hydroxyl groups is 4. The summed E-state index contributed by atoms with van der Waals surface area (Å²) < 4.78 is 17.0. The van der Waals surface area contributed by atoms with Gasteiger partial charge in [-0.2, -0.15) is 0 Å². The highest BCUT2D eigenvalue weighted by molar-refractivity contribution is 5.70. The molecule has 2 aliphatic heterocycles. The molecule has 1 amide bonds. The normalized spacial score (nSPS) is 35.3. The van der Waals surface area contributed by atoms with Gasteiger partial charge in [0.2, 0.25) is 0 Å². The molecule has 10 nitrogen and oxygen atoms in total. The molecule has 0 saturated carbocycles. The highest BCUT2D eigenvalue weighted by Gasteiger charge is 2.47. The largest absolute Gasteiger partial charge is 0.457 e. The molecule has 2 aliphatic rings. The molecule has 41 heavy (non-hydrogen) atoms. The fourth-order valence-electron chi connectivity index (χ4n) is 5.10. The number of esters is 1. The lowest BCUT2D eigenvalue weighted by Crippen LogP contribution is -2.44. The topological polar surface area (TPSA) is 158 Å². The van der Waals surface area contributed by atoms with Crippen molar-refractivity contribution in [1.29, 1.82) is 0 Å². The molecule has 2 rings (SSSR count). The van der Waals surface area contributed by atoms with Crippen LogP contribution in [0.3, 0.4) is 0 Å². The van der Waals surface area contributed by atoms with E-state index in [1.165, 1.54) is 6.92 Å². The summed E-state index contributed by atoms with van der Waals surface area (Å²) in [5.41, 5.74) is -1.93. The van der Waals surface area contributed by atoms with Crippen LogP contribution in [0.25, 0.3) is 0 Å². The number of hydrogen-bond donors (Lipinski definition) is 5. The van der Waals surface area contributed by atoms with Gasteiger partial charge in [0.25, 0.3) is 0 Å². The number of rotatable bonds is 10. The van der Waals surface area contributed by atoms with Crippen LogP contribution in [0.5, 0.6) is 0 Å². The van der Waals surface area contributed by atoms with Crippen molar-refractivity contribution in [3.05, 3.63) is 36.0 Å². The van der Waals surface area contributed by atoms with Crippen LogP contribution in [0.4, 0.5) is 4.79 Å². The first-order valence-electron chi connectivity index (χ1n) is 14.7. The Kier molecular flexibility index (Phi) is 13.0. The Morgan fingerprint density at radius 3 is 2.66 bits per heavy atom. The number of alkyl carbamates (subject to hydrolysis) is 1. The maximum absolute atomic E-state index is 12.7. The SMILES string of the molecule is CCNC(=O)OC1/C=C\C(C)C(/C(C)=C/C=C/C(C)(O)CC2OC2C(C)C(O)CC)OC(=O)CC(O)CCC1(C)O. The molecule has 1 fully saturated rings. The standard InChI is InChI=1S/C31H51NO9/c1-8-23(34)21(5)28-24(39-28)18-30(6,37)15-10-11-19(3)27-20(4)12-13-25(40-29(36)32-9-2)31(7,38)16-14-22(33)17-26(35)41-27/h10-13,15,20-25,27-28,33-34,37-38H,8-9,14,16-18H2,1-7H3,(H,32,36)/b13-12-,15-10+,19-11+. The Labute approximate surface area is 244 Å². The number of aliphatic hydroxyl groups excluding tert-OH is 2. The van der Waals surface area contributed by atoms with Gasteiger partial charge >= 0.3 is 12.1 Å². The lowest BCUT2D eigenvalue weighted by molar-refractivity contribution is -0.151. The van der Waals surface area contributed by atoms with E-state index in [9.17, 15) is 30.0 Å². The number of amides is 1. The van der Waals surface area contributed by atoms with E-state index in [0.29, 0.717) is 25.0 Å². The second-order valence-corrected chi connectivity index (χ2v) is 12.1. The molecular formula is C31H51NO9.